The maximum atomic E-state index is 10.6. The highest BCUT2D eigenvalue weighted by Crippen LogP contribution is 2.37. The lowest BCUT2D eigenvalue weighted by Crippen LogP contribution is -2.21. The van der Waals surface area contributed by atoms with Crippen molar-refractivity contribution in [1.82, 2.24) is 5.32 Å². The molecule has 0 aliphatic carbocycles. The Bertz CT molecular complexity index is 467. The minimum Gasteiger partial charge on any atom is -0.507 e. The van der Waals surface area contributed by atoms with Gasteiger partial charge < -0.3 is 15.2 Å². The van der Waals surface area contributed by atoms with Gasteiger partial charge in [0.2, 0.25) is 0 Å². The number of hydrogen-bond acceptors (Lipinski definition) is 3. The Hall–Kier alpha value is -1.06. The minimum absolute atomic E-state index is 0.0645. The molecule has 3 heteroatoms. The van der Waals surface area contributed by atoms with Crippen LogP contribution in [0.5, 0.6) is 5.75 Å². The first kappa shape index (κ1) is 18.0. The van der Waals surface area contributed by atoms with E-state index in [0.717, 1.165) is 17.7 Å². The van der Waals surface area contributed by atoms with Crippen LogP contribution < -0.4 is 5.32 Å². The number of rotatable bonds is 5. The summed E-state index contributed by atoms with van der Waals surface area (Å²) in [5.41, 5.74) is 3.22. The monoisotopic (exact) mass is 293 g/mol. The number of phenols is 1. The highest BCUT2D eigenvalue weighted by atomic mass is 16.5. The molecule has 120 valence electrons. The summed E-state index contributed by atoms with van der Waals surface area (Å²) in [6, 6.07) is 4.26. The van der Waals surface area contributed by atoms with Crippen molar-refractivity contribution in [3.05, 3.63) is 28.8 Å². The normalized spacial score (nSPS) is 12.7. The van der Waals surface area contributed by atoms with Crippen LogP contribution in [0.3, 0.4) is 0 Å². The third-order valence-corrected chi connectivity index (χ3v) is 3.66. The topological polar surface area (TPSA) is 41.5 Å². The van der Waals surface area contributed by atoms with Gasteiger partial charge in [-0.15, -0.1) is 0 Å². The van der Waals surface area contributed by atoms with E-state index in [1.165, 1.54) is 5.56 Å². The van der Waals surface area contributed by atoms with Gasteiger partial charge in [-0.25, -0.2) is 0 Å². The van der Waals surface area contributed by atoms with E-state index in [-0.39, 0.29) is 10.8 Å². The predicted molar refractivity (Wildman–Crippen MR) is 89.1 cm³/mol. The van der Waals surface area contributed by atoms with Crippen LogP contribution in [0.4, 0.5) is 0 Å². The molecule has 0 bridgehead atoms. The summed E-state index contributed by atoms with van der Waals surface area (Å²) in [5.74, 6) is 0.417. The van der Waals surface area contributed by atoms with Crippen LogP contribution in [-0.2, 0) is 22.1 Å². The fourth-order valence-corrected chi connectivity index (χ4v) is 2.23. The first-order valence-corrected chi connectivity index (χ1v) is 7.64. The van der Waals surface area contributed by atoms with Crippen molar-refractivity contribution in [3.63, 3.8) is 0 Å². The van der Waals surface area contributed by atoms with Crippen molar-refractivity contribution in [2.45, 2.75) is 58.9 Å². The van der Waals surface area contributed by atoms with E-state index in [1.54, 1.807) is 7.11 Å². The fourth-order valence-electron chi connectivity index (χ4n) is 2.23. The van der Waals surface area contributed by atoms with Gasteiger partial charge in [0.05, 0.1) is 6.61 Å². The summed E-state index contributed by atoms with van der Waals surface area (Å²) in [6.07, 6.45) is 0. The Morgan fingerprint density at radius 3 is 2.14 bits per heavy atom. The van der Waals surface area contributed by atoms with Gasteiger partial charge in [0.15, 0.2) is 0 Å². The largest absolute Gasteiger partial charge is 0.507 e. The summed E-state index contributed by atoms with van der Waals surface area (Å²) >= 11 is 0. The molecule has 2 N–H and O–H groups in total. The Morgan fingerprint density at radius 1 is 1.05 bits per heavy atom. The lowest BCUT2D eigenvalue weighted by Gasteiger charge is -2.27. The Morgan fingerprint density at radius 2 is 1.67 bits per heavy atom. The van der Waals surface area contributed by atoms with Crippen LogP contribution in [0.1, 0.15) is 58.2 Å². The second-order valence-corrected chi connectivity index (χ2v) is 7.70. The number of nitrogens with one attached hydrogen (secondary N) is 1. The standard InChI is InChI=1S/C18H31NO2/c1-17(2,3)14-10-13(12-19-8-9-21-7)16(20)15(11-14)18(4,5)6/h10-11,19-20H,8-9,12H2,1-7H3. The van der Waals surface area contributed by atoms with Gasteiger partial charge in [-0.2, -0.15) is 0 Å². The number of phenolic OH excluding ortho intramolecular Hbond substituents is 1. The Kier molecular flexibility index (Phi) is 5.83. The quantitative estimate of drug-likeness (QED) is 0.813. The SMILES string of the molecule is COCCNCc1cc(C(C)(C)C)cc(C(C)(C)C)c1O. The molecule has 0 heterocycles. The van der Waals surface area contributed by atoms with Crippen LogP contribution in [0.2, 0.25) is 0 Å². The zero-order valence-corrected chi connectivity index (χ0v) is 14.6. The first-order valence-electron chi connectivity index (χ1n) is 7.64. The van der Waals surface area contributed by atoms with Gasteiger partial charge in [0.1, 0.15) is 5.75 Å². The summed E-state index contributed by atoms with van der Waals surface area (Å²) in [4.78, 5) is 0. The van der Waals surface area contributed by atoms with E-state index < -0.39 is 0 Å². The maximum absolute atomic E-state index is 10.6. The van der Waals surface area contributed by atoms with Crippen molar-refractivity contribution >= 4 is 0 Å². The summed E-state index contributed by atoms with van der Waals surface area (Å²) < 4.78 is 5.04. The lowest BCUT2D eigenvalue weighted by molar-refractivity contribution is 0.199. The van der Waals surface area contributed by atoms with Crippen molar-refractivity contribution in [2.24, 2.45) is 0 Å². The van der Waals surface area contributed by atoms with Crippen LogP contribution >= 0.6 is 0 Å². The van der Waals surface area contributed by atoms with Crippen LogP contribution in [0.25, 0.3) is 0 Å². The molecule has 0 amide bonds. The molecule has 3 nitrogen and oxygen atoms in total. The van der Waals surface area contributed by atoms with E-state index in [1.807, 2.05) is 0 Å². The van der Waals surface area contributed by atoms with Crippen molar-refractivity contribution < 1.29 is 9.84 Å². The van der Waals surface area contributed by atoms with Gasteiger partial charge in [-0.05, 0) is 22.0 Å². The zero-order valence-electron chi connectivity index (χ0n) is 14.6. The van der Waals surface area contributed by atoms with E-state index in [2.05, 4.69) is 59.0 Å². The molecule has 1 rings (SSSR count). The molecular formula is C18H31NO2. The van der Waals surface area contributed by atoms with Gasteiger partial charge in [-0.3, -0.25) is 0 Å². The van der Waals surface area contributed by atoms with Crippen molar-refractivity contribution in [2.75, 3.05) is 20.3 Å². The second kappa shape index (κ2) is 6.80. The molecule has 0 spiro atoms. The Labute approximate surface area is 129 Å². The number of ether oxygens (including phenoxy) is 1. The average Bonchev–Trinajstić information content (AvgIpc) is 2.33. The van der Waals surface area contributed by atoms with Gasteiger partial charge in [0, 0.05) is 25.8 Å². The van der Waals surface area contributed by atoms with Crippen LogP contribution in [0.15, 0.2) is 12.1 Å². The molecule has 0 aliphatic heterocycles. The van der Waals surface area contributed by atoms with Gasteiger partial charge in [-0.1, -0.05) is 53.7 Å². The number of aromatic hydroxyl groups is 1. The zero-order chi connectivity index (χ0) is 16.3. The van der Waals surface area contributed by atoms with Crippen molar-refractivity contribution in [3.8, 4) is 5.75 Å². The molecule has 0 fully saturated rings. The summed E-state index contributed by atoms with van der Waals surface area (Å²) in [7, 11) is 1.69. The number of hydrogen-bond donors (Lipinski definition) is 2. The Balaban J connectivity index is 3.16. The first-order chi connectivity index (χ1) is 9.57. The summed E-state index contributed by atoms with van der Waals surface area (Å²) in [5, 5.41) is 13.9. The van der Waals surface area contributed by atoms with Crippen LogP contribution in [0, 0.1) is 0 Å². The van der Waals surface area contributed by atoms with Crippen molar-refractivity contribution in [1.29, 1.82) is 0 Å². The average molecular weight is 293 g/mol. The molecule has 21 heavy (non-hydrogen) atoms. The van der Waals surface area contributed by atoms with E-state index in [4.69, 9.17) is 4.74 Å². The summed E-state index contributed by atoms with van der Waals surface area (Å²) in [6.45, 7) is 15.1. The lowest BCUT2D eigenvalue weighted by atomic mass is 9.79. The van der Waals surface area contributed by atoms with Gasteiger partial charge >= 0.3 is 0 Å². The van der Waals surface area contributed by atoms with E-state index in [0.29, 0.717) is 18.9 Å². The molecule has 0 atom stereocenters. The molecule has 0 radical (unpaired) electrons. The van der Waals surface area contributed by atoms with Gasteiger partial charge in [0.25, 0.3) is 0 Å². The third kappa shape index (κ3) is 5.01. The molecule has 0 aromatic heterocycles. The third-order valence-electron chi connectivity index (χ3n) is 3.66. The predicted octanol–water partition coefficient (Wildman–Crippen LogP) is 3.72. The van der Waals surface area contributed by atoms with E-state index in [9.17, 15) is 5.11 Å². The smallest absolute Gasteiger partial charge is 0.123 e. The molecule has 0 saturated heterocycles. The fraction of sp³-hybridized carbons (Fsp3) is 0.667. The van der Waals surface area contributed by atoms with E-state index >= 15 is 0 Å². The number of benzene rings is 1. The molecule has 1 aromatic rings. The highest BCUT2D eigenvalue weighted by Gasteiger charge is 2.24. The molecule has 0 unspecified atom stereocenters. The molecule has 0 saturated carbocycles. The minimum atomic E-state index is -0.0768. The molecule has 0 aliphatic rings. The highest BCUT2D eigenvalue weighted by molar-refractivity contribution is 5.48. The molecular weight excluding hydrogens is 262 g/mol. The second-order valence-electron chi connectivity index (χ2n) is 7.70. The maximum Gasteiger partial charge on any atom is 0.123 e. The molecule has 1 aromatic carbocycles. The van der Waals surface area contributed by atoms with Crippen LogP contribution in [-0.4, -0.2) is 25.4 Å². The number of methoxy groups -OCH3 is 1.